The molecule has 7 heteroatoms. The largest absolute Gasteiger partial charge is 0.339 e. The molecule has 0 radical (unpaired) electrons. The molecular formula is C21H25ClN2O3S. The highest BCUT2D eigenvalue weighted by molar-refractivity contribution is 7.92. The van der Waals surface area contributed by atoms with Gasteiger partial charge in [-0.3, -0.25) is 9.52 Å². The first kappa shape index (κ1) is 20.7. The van der Waals surface area contributed by atoms with Crippen LogP contribution >= 0.6 is 11.6 Å². The third kappa shape index (κ3) is 4.50. The Bertz CT molecular complexity index is 952. The number of rotatable bonds is 6. The number of nitrogens with one attached hydrogen (secondary N) is 1. The van der Waals surface area contributed by atoms with Gasteiger partial charge in [0.15, 0.2) is 0 Å². The lowest BCUT2D eigenvalue weighted by atomic mass is 9.99. The summed E-state index contributed by atoms with van der Waals surface area (Å²) < 4.78 is 28.3. The van der Waals surface area contributed by atoms with E-state index in [2.05, 4.69) is 18.6 Å². The van der Waals surface area contributed by atoms with Gasteiger partial charge in [-0.05, 0) is 61.1 Å². The third-order valence-electron chi connectivity index (χ3n) is 5.22. The number of hydrogen-bond donors (Lipinski definition) is 1. The lowest BCUT2D eigenvalue weighted by molar-refractivity contribution is 0.0794. The van der Waals surface area contributed by atoms with E-state index in [9.17, 15) is 13.2 Å². The summed E-state index contributed by atoms with van der Waals surface area (Å²) in [5.74, 6) is 0.182. The number of nitrogens with zero attached hydrogens (tertiary/aromatic N) is 1. The van der Waals surface area contributed by atoms with Crippen molar-refractivity contribution < 1.29 is 13.2 Å². The van der Waals surface area contributed by atoms with Gasteiger partial charge in [0.2, 0.25) is 0 Å². The molecule has 5 nitrogen and oxygen atoms in total. The standard InChI is InChI=1S/C21H25ClN2O3S/c1-3-15(2)16-6-9-18(10-7-16)28(26,27)23-20-14-17(22)8-11-19(20)21(25)24-12-4-5-13-24/h6-11,14-15,23H,3-5,12-13H2,1-2H3. The predicted octanol–water partition coefficient (Wildman–Crippen LogP) is 4.89. The van der Waals surface area contributed by atoms with Crippen LogP contribution in [0.15, 0.2) is 47.4 Å². The van der Waals surface area contributed by atoms with Gasteiger partial charge < -0.3 is 4.90 Å². The average molecular weight is 421 g/mol. The maximum atomic E-state index is 12.9. The number of carbonyl (C=O) groups excluding carboxylic acids is 1. The van der Waals surface area contributed by atoms with Crippen molar-refractivity contribution in [3.63, 3.8) is 0 Å². The first-order chi connectivity index (χ1) is 13.3. The molecule has 1 unspecified atom stereocenters. The number of sulfonamides is 1. The van der Waals surface area contributed by atoms with E-state index in [0.29, 0.717) is 29.6 Å². The van der Waals surface area contributed by atoms with Crippen molar-refractivity contribution in [2.75, 3.05) is 17.8 Å². The second-order valence-corrected chi connectivity index (χ2v) is 9.29. The summed E-state index contributed by atoms with van der Waals surface area (Å²) in [6.07, 6.45) is 2.90. The molecule has 1 aliphatic heterocycles. The summed E-state index contributed by atoms with van der Waals surface area (Å²) in [6.45, 7) is 5.56. The van der Waals surface area contributed by atoms with Gasteiger partial charge in [0.05, 0.1) is 16.1 Å². The lowest BCUT2D eigenvalue weighted by Gasteiger charge is -2.19. The van der Waals surface area contributed by atoms with E-state index in [1.54, 1.807) is 29.2 Å². The van der Waals surface area contributed by atoms with E-state index < -0.39 is 10.0 Å². The SMILES string of the molecule is CCC(C)c1ccc(S(=O)(=O)Nc2cc(Cl)ccc2C(=O)N2CCCC2)cc1. The fourth-order valence-corrected chi connectivity index (χ4v) is 4.54. The third-order valence-corrected chi connectivity index (χ3v) is 6.84. The van der Waals surface area contributed by atoms with E-state index in [0.717, 1.165) is 24.8 Å². The zero-order valence-corrected chi connectivity index (χ0v) is 17.7. The Morgan fingerprint density at radius 2 is 1.79 bits per heavy atom. The number of anilines is 1. The maximum Gasteiger partial charge on any atom is 0.261 e. The first-order valence-electron chi connectivity index (χ1n) is 9.53. The fourth-order valence-electron chi connectivity index (χ4n) is 3.29. The highest BCUT2D eigenvalue weighted by Crippen LogP contribution is 2.27. The molecule has 0 aliphatic carbocycles. The van der Waals surface area contributed by atoms with Gasteiger partial charge in [-0.2, -0.15) is 0 Å². The number of hydrogen-bond acceptors (Lipinski definition) is 3. The summed E-state index contributed by atoms with van der Waals surface area (Å²) in [4.78, 5) is 14.7. The monoisotopic (exact) mass is 420 g/mol. The minimum Gasteiger partial charge on any atom is -0.339 e. The summed E-state index contributed by atoms with van der Waals surface area (Å²) in [7, 11) is -3.84. The summed E-state index contributed by atoms with van der Waals surface area (Å²) >= 11 is 6.07. The van der Waals surface area contributed by atoms with Crippen molar-refractivity contribution in [2.24, 2.45) is 0 Å². The van der Waals surface area contributed by atoms with Crippen LogP contribution in [0.25, 0.3) is 0 Å². The van der Waals surface area contributed by atoms with Crippen molar-refractivity contribution in [2.45, 2.75) is 43.9 Å². The quantitative estimate of drug-likeness (QED) is 0.723. The Kier molecular flexibility index (Phi) is 6.30. The molecule has 3 rings (SSSR count). The Morgan fingerprint density at radius 3 is 2.39 bits per heavy atom. The van der Waals surface area contributed by atoms with Crippen LogP contribution in [-0.2, 0) is 10.0 Å². The fraction of sp³-hybridized carbons (Fsp3) is 0.381. The van der Waals surface area contributed by atoms with Crippen LogP contribution in [0.5, 0.6) is 0 Å². The molecule has 0 aromatic heterocycles. The molecule has 1 saturated heterocycles. The molecule has 1 fully saturated rings. The van der Waals surface area contributed by atoms with E-state index in [1.165, 1.54) is 6.07 Å². The smallest absolute Gasteiger partial charge is 0.261 e. The van der Waals surface area contributed by atoms with Gasteiger partial charge in [-0.1, -0.05) is 37.6 Å². The van der Waals surface area contributed by atoms with Gasteiger partial charge in [0.1, 0.15) is 0 Å². The Labute approximate surface area is 171 Å². The molecule has 1 amide bonds. The molecule has 150 valence electrons. The molecular weight excluding hydrogens is 396 g/mol. The molecule has 1 aliphatic rings. The van der Waals surface area contributed by atoms with Gasteiger partial charge in [0, 0.05) is 18.1 Å². The molecule has 1 N–H and O–H groups in total. The van der Waals surface area contributed by atoms with Crippen molar-refractivity contribution in [1.29, 1.82) is 0 Å². The van der Waals surface area contributed by atoms with Crippen LogP contribution in [0.2, 0.25) is 5.02 Å². The van der Waals surface area contributed by atoms with E-state index in [-0.39, 0.29) is 16.5 Å². The van der Waals surface area contributed by atoms with Crippen LogP contribution in [0.1, 0.15) is 54.9 Å². The Balaban J connectivity index is 1.89. The molecule has 2 aromatic carbocycles. The second kappa shape index (κ2) is 8.53. The van der Waals surface area contributed by atoms with Gasteiger partial charge in [0.25, 0.3) is 15.9 Å². The first-order valence-corrected chi connectivity index (χ1v) is 11.4. The summed E-state index contributed by atoms with van der Waals surface area (Å²) in [5.41, 5.74) is 1.61. The maximum absolute atomic E-state index is 12.9. The predicted molar refractivity (Wildman–Crippen MR) is 113 cm³/mol. The molecule has 28 heavy (non-hydrogen) atoms. The van der Waals surface area contributed by atoms with Crippen LogP contribution in [0, 0.1) is 0 Å². The average Bonchev–Trinajstić information content (AvgIpc) is 3.21. The number of likely N-dealkylation sites (tertiary alicyclic amines) is 1. The normalized spacial score (nSPS) is 15.5. The number of benzene rings is 2. The van der Waals surface area contributed by atoms with Crippen LogP contribution < -0.4 is 4.72 Å². The molecule has 1 heterocycles. The topological polar surface area (TPSA) is 66.5 Å². The zero-order valence-electron chi connectivity index (χ0n) is 16.1. The number of carbonyl (C=O) groups is 1. The van der Waals surface area contributed by atoms with Crippen LogP contribution in [0.4, 0.5) is 5.69 Å². The van der Waals surface area contributed by atoms with Crippen LogP contribution in [0.3, 0.4) is 0 Å². The van der Waals surface area contributed by atoms with Crippen molar-refractivity contribution in [1.82, 2.24) is 4.90 Å². The van der Waals surface area contributed by atoms with Crippen molar-refractivity contribution in [3.8, 4) is 0 Å². The number of halogens is 1. The van der Waals surface area contributed by atoms with E-state index in [4.69, 9.17) is 11.6 Å². The minimum atomic E-state index is -3.84. The van der Waals surface area contributed by atoms with Crippen molar-refractivity contribution >= 4 is 33.2 Å². The molecule has 0 saturated carbocycles. The Hall–Kier alpha value is -2.05. The van der Waals surface area contributed by atoms with Crippen LogP contribution in [-0.4, -0.2) is 32.3 Å². The van der Waals surface area contributed by atoms with E-state index >= 15 is 0 Å². The van der Waals surface area contributed by atoms with Gasteiger partial charge in [-0.15, -0.1) is 0 Å². The Morgan fingerprint density at radius 1 is 1.14 bits per heavy atom. The molecule has 1 atom stereocenters. The zero-order chi connectivity index (χ0) is 20.3. The van der Waals surface area contributed by atoms with Gasteiger partial charge >= 0.3 is 0 Å². The minimum absolute atomic E-state index is 0.152. The second-order valence-electron chi connectivity index (χ2n) is 7.17. The van der Waals surface area contributed by atoms with E-state index in [1.807, 2.05) is 12.1 Å². The molecule has 0 bridgehead atoms. The molecule has 2 aromatic rings. The molecule has 0 spiro atoms. The highest BCUT2D eigenvalue weighted by Gasteiger charge is 2.24. The summed E-state index contributed by atoms with van der Waals surface area (Å²) in [6, 6.07) is 11.5. The number of amides is 1. The van der Waals surface area contributed by atoms with Gasteiger partial charge in [-0.25, -0.2) is 8.42 Å². The highest BCUT2D eigenvalue weighted by atomic mass is 35.5. The lowest BCUT2D eigenvalue weighted by Crippen LogP contribution is -2.28. The van der Waals surface area contributed by atoms with Crippen molar-refractivity contribution in [3.05, 3.63) is 58.6 Å². The summed E-state index contributed by atoms with van der Waals surface area (Å²) in [5, 5.41) is 0.364.